The zero-order valence-corrected chi connectivity index (χ0v) is 21.6. The van der Waals surface area contributed by atoms with Gasteiger partial charge in [0.25, 0.3) is 0 Å². The van der Waals surface area contributed by atoms with Crippen LogP contribution in [0, 0.1) is 0 Å². The second kappa shape index (κ2) is 13.5. The molecule has 1 heterocycles. The number of para-hydroxylation sites is 1. The molecule has 3 N–H and O–H groups in total. The van der Waals surface area contributed by atoms with Gasteiger partial charge in [-0.1, -0.05) is 31.5 Å². The fraction of sp³-hybridized carbons (Fsp3) is 0.538. The van der Waals surface area contributed by atoms with Gasteiger partial charge in [-0.15, -0.1) is 0 Å². The van der Waals surface area contributed by atoms with Crippen molar-refractivity contribution in [2.75, 3.05) is 13.7 Å². The van der Waals surface area contributed by atoms with E-state index in [0.717, 1.165) is 29.3 Å². The number of unbranched alkanes of at least 4 members (excludes halogenated alkanes) is 1. The summed E-state index contributed by atoms with van der Waals surface area (Å²) >= 11 is 0. The number of carbonyl (C=O) groups is 4. The van der Waals surface area contributed by atoms with Gasteiger partial charge in [-0.2, -0.15) is 0 Å². The molecule has 0 spiro atoms. The summed E-state index contributed by atoms with van der Waals surface area (Å²) in [5.74, 6) is -1.75. The monoisotopic (exact) mass is 503 g/mol. The molecule has 0 bridgehead atoms. The maximum atomic E-state index is 13.2. The summed E-state index contributed by atoms with van der Waals surface area (Å²) in [5.41, 5.74) is 0.930. The summed E-state index contributed by atoms with van der Waals surface area (Å²) < 4.78 is 15.3. The van der Waals surface area contributed by atoms with Gasteiger partial charge in [0.1, 0.15) is 17.7 Å². The first-order valence-corrected chi connectivity index (χ1v) is 12.1. The van der Waals surface area contributed by atoms with Crippen molar-refractivity contribution in [1.29, 1.82) is 0 Å². The minimum absolute atomic E-state index is 0.0307. The number of H-pyrrole nitrogens is 1. The summed E-state index contributed by atoms with van der Waals surface area (Å²) in [6.45, 7) is 7.36. The second-order valence-corrected chi connectivity index (χ2v) is 9.46. The first-order valence-electron chi connectivity index (χ1n) is 12.1. The topological polar surface area (TPSA) is 136 Å². The largest absolute Gasteiger partial charge is 0.467 e. The van der Waals surface area contributed by atoms with Crippen LogP contribution in [0.1, 0.15) is 58.9 Å². The number of nitrogens with one attached hydrogen (secondary N) is 3. The van der Waals surface area contributed by atoms with E-state index in [0.29, 0.717) is 6.61 Å². The van der Waals surface area contributed by atoms with Crippen molar-refractivity contribution < 1.29 is 33.4 Å². The fourth-order valence-corrected chi connectivity index (χ4v) is 3.51. The normalized spacial score (nSPS) is 12.9. The number of benzene rings is 1. The SMILES string of the molecule is CCCCOC(=O)CC[C@H](NC(=O)OC(C)(C)C)C(=O)N[C@@H](Cc1c[nH]c2ccccc12)C(=O)OC. The Kier molecular flexibility index (Phi) is 10.8. The van der Waals surface area contributed by atoms with Gasteiger partial charge in [0.05, 0.1) is 13.7 Å². The molecule has 0 aliphatic heterocycles. The maximum Gasteiger partial charge on any atom is 0.408 e. The van der Waals surface area contributed by atoms with Crippen LogP contribution in [0.25, 0.3) is 10.9 Å². The highest BCUT2D eigenvalue weighted by Crippen LogP contribution is 2.19. The molecule has 10 heteroatoms. The number of fused-ring (bicyclic) bond motifs is 1. The van der Waals surface area contributed by atoms with Crippen molar-refractivity contribution in [2.24, 2.45) is 0 Å². The lowest BCUT2D eigenvalue weighted by atomic mass is 10.0. The van der Waals surface area contributed by atoms with Gasteiger partial charge in [0.2, 0.25) is 5.91 Å². The number of ether oxygens (including phenoxy) is 3. The van der Waals surface area contributed by atoms with Gasteiger partial charge in [-0.3, -0.25) is 9.59 Å². The average Bonchev–Trinajstić information content (AvgIpc) is 3.22. The van der Waals surface area contributed by atoms with Crippen LogP contribution in [0.5, 0.6) is 0 Å². The summed E-state index contributed by atoms with van der Waals surface area (Å²) in [6.07, 6.45) is 2.62. The predicted octanol–water partition coefficient (Wildman–Crippen LogP) is 3.39. The smallest absolute Gasteiger partial charge is 0.408 e. The molecule has 0 unspecified atom stereocenters. The van der Waals surface area contributed by atoms with Gasteiger partial charge in [-0.05, 0) is 45.2 Å². The fourth-order valence-electron chi connectivity index (χ4n) is 3.51. The van der Waals surface area contributed by atoms with Gasteiger partial charge >= 0.3 is 18.0 Å². The van der Waals surface area contributed by atoms with Crippen LogP contribution < -0.4 is 10.6 Å². The van der Waals surface area contributed by atoms with Crippen molar-refractivity contribution in [3.63, 3.8) is 0 Å². The number of alkyl carbamates (subject to hydrolysis) is 1. The van der Waals surface area contributed by atoms with Crippen molar-refractivity contribution in [2.45, 2.75) is 77.5 Å². The van der Waals surface area contributed by atoms with Gasteiger partial charge in [0.15, 0.2) is 0 Å². The van der Waals surface area contributed by atoms with E-state index < -0.39 is 41.6 Å². The summed E-state index contributed by atoms with van der Waals surface area (Å²) in [7, 11) is 1.24. The van der Waals surface area contributed by atoms with Crippen LogP contribution >= 0.6 is 0 Å². The molecule has 0 radical (unpaired) electrons. The molecule has 0 saturated heterocycles. The van der Waals surface area contributed by atoms with Gasteiger partial charge in [0, 0.05) is 29.9 Å². The number of aromatic nitrogens is 1. The Labute approximate surface area is 211 Å². The third-order valence-electron chi connectivity index (χ3n) is 5.31. The standard InChI is InChI=1S/C26H37N3O7/c1-6-7-14-35-22(30)13-12-20(29-25(33)36-26(2,3)4)23(31)28-21(24(32)34-5)15-17-16-27-19-11-9-8-10-18(17)19/h8-11,16,20-21,27H,6-7,12-15H2,1-5H3,(H,28,31)(H,29,33)/t20-,21-/m0/s1. The number of hydrogen-bond donors (Lipinski definition) is 3. The molecule has 2 amide bonds. The highest BCUT2D eigenvalue weighted by molar-refractivity contribution is 5.91. The van der Waals surface area contributed by atoms with E-state index in [9.17, 15) is 19.2 Å². The van der Waals surface area contributed by atoms with Crippen molar-refractivity contribution >= 4 is 34.8 Å². The molecule has 2 aromatic rings. The molecule has 0 aliphatic rings. The lowest BCUT2D eigenvalue weighted by molar-refractivity contribution is -0.146. The summed E-state index contributed by atoms with van der Waals surface area (Å²) in [4.78, 5) is 53.3. The predicted molar refractivity (Wildman–Crippen MR) is 134 cm³/mol. The van der Waals surface area contributed by atoms with Crippen LogP contribution in [0.4, 0.5) is 4.79 Å². The highest BCUT2D eigenvalue weighted by atomic mass is 16.6. The zero-order valence-electron chi connectivity index (χ0n) is 21.6. The Bertz CT molecular complexity index is 1040. The molecule has 2 atom stereocenters. The maximum absolute atomic E-state index is 13.2. The Balaban J connectivity index is 2.15. The number of amides is 2. The zero-order chi connectivity index (χ0) is 26.7. The lowest BCUT2D eigenvalue weighted by Crippen LogP contribution is -2.53. The molecular formula is C26H37N3O7. The number of esters is 2. The molecule has 0 aliphatic carbocycles. The average molecular weight is 504 g/mol. The van der Waals surface area contributed by atoms with E-state index in [1.807, 2.05) is 31.2 Å². The minimum atomic E-state index is -1.13. The van der Waals surface area contributed by atoms with E-state index in [2.05, 4.69) is 15.6 Å². The number of rotatable bonds is 12. The molecule has 10 nitrogen and oxygen atoms in total. The number of carbonyl (C=O) groups excluding carboxylic acids is 4. The van der Waals surface area contributed by atoms with E-state index in [1.165, 1.54) is 7.11 Å². The molecule has 198 valence electrons. The molecule has 0 saturated carbocycles. The Morgan fingerprint density at radius 3 is 2.44 bits per heavy atom. The molecule has 36 heavy (non-hydrogen) atoms. The Hall–Kier alpha value is -3.56. The lowest BCUT2D eigenvalue weighted by Gasteiger charge is -2.24. The van der Waals surface area contributed by atoms with E-state index >= 15 is 0 Å². The first kappa shape index (κ1) is 28.7. The quantitative estimate of drug-likeness (QED) is 0.229. The van der Waals surface area contributed by atoms with Crippen LogP contribution in [0.2, 0.25) is 0 Å². The van der Waals surface area contributed by atoms with Crippen molar-refractivity contribution in [3.05, 3.63) is 36.0 Å². The summed E-state index contributed by atoms with van der Waals surface area (Å²) in [5, 5.41) is 6.09. The van der Waals surface area contributed by atoms with Crippen LogP contribution in [-0.2, 0) is 35.0 Å². The second-order valence-electron chi connectivity index (χ2n) is 9.46. The Morgan fingerprint density at radius 2 is 1.78 bits per heavy atom. The van der Waals surface area contributed by atoms with Crippen LogP contribution in [0.3, 0.4) is 0 Å². The van der Waals surface area contributed by atoms with Crippen LogP contribution in [0.15, 0.2) is 30.5 Å². The molecular weight excluding hydrogens is 466 g/mol. The number of hydrogen-bond acceptors (Lipinski definition) is 7. The number of methoxy groups -OCH3 is 1. The van der Waals surface area contributed by atoms with Crippen molar-refractivity contribution in [3.8, 4) is 0 Å². The minimum Gasteiger partial charge on any atom is -0.467 e. The highest BCUT2D eigenvalue weighted by Gasteiger charge is 2.30. The third-order valence-corrected chi connectivity index (χ3v) is 5.31. The first-order chi connectivity index (χ1) is 17.0. The molecule has 1 aromatic heterocycles. The van der Waals surface area contributed by atoms with Crippen molar-refractivity contribution in [1.82, 2.24) is 15.6 Å². The van der Waals surface area contributed by atoms with Gasteiger partial charge in [-0.25, -0.2) is 9.59 Å². The molecule has 0 fully saturated rings. The molecule has 1 aromatic carbocycles. The third kappa shape index (κ3) is 9.24. The molecule has 2 rings (SSSR count). The summed E-state index contributed by atoms with van der Waals surface area (Å²) in [6, 6.07) is 5.45. The number of aromatic amines is 1. The van der Waals surface area contributed by atoms with E-state index in [4.69, 9.17) is 14.2 Å². The van der Waals surface area contributed by atoms with E-state index in [1.54, 1.807) is 27.0 Å². The van der Waals surface area contributed by atoms with Gasteiger partial charge < -0.3 is 29.8 Å². The van der Waals surface area contributed by atoms with E-state index in [-0.39, 0.29) is 19.3 Å². The Morgan fingerprint density at radius 1 is 1.06 bits per heavy atom. The van der Waals surface area contributed by atoms with Crippen LogP contribution in [-0.4, -0.2) is 60.3 Å².